The van der Waals surface area contributed by atoms with Gasteiger partial charge < -0.3 is 15.5 Å². The molecule has 0 atom stereocenters. The first-order valence-corrected chi connectivity index (χ1v) is 6.66. The Bertz CT molecular complexity index is 431. The van der Waals surface area contributed by atoms with Crippen LogP contribution in [-0.2, 0) is 0 Å². The zero-order chi connectivity index (χ0) is 13.7. The standard InChI is InChI=1S/C13H21N5O/c1-18(2)7-3-6-14-12-8-11(15-9-16-12)13(19)17-10-4-5-10/h8-10H,3-7H2,1-2H3,(H,17,19)(H,14,15,16). The summed E-state index contributed by atoms with van der Waals surface area (Å²) in [4.78, 5) is 22.1. The van der Waals surface area contributed by atoms with Crippen molar-refractivity contribution in [3.63, 3.8) is 0 Å². The van der Waals surface area contributed by atoms with Gasteiger partial charge >= 0.3 is 0 Å². The molecule has 1 amide bonds. The van der Waals surface area contributed by atoms with Crippen molar-refractivity contribution in [2.75, 3.05) is 32.5 Å². The maximum atomic E-state index is 11.8. The van der Waals surface area contributed by atoms with Crippen molar-refractivity contribution in [2.24, 2.45) is 0 Å². The van der Waals surface area contributed by atoms with E-state index in [1.54, 1.807) is 6.07 Å². The molecule has 1 saturated carbocycles. The van der Waals surface area contributed by atoms with Gasteiger partial charge in [-0.05, 0) is 39.9 Å². The number of carbonyl (C=O) groups is 1. The predicted octanol–water partition coefficient (Wildman–Crippen LogP) is 0.732. The Hall–Kier alpha value is -1.69. The van der Waals surface area contributed by atoms with Gasteiger partial charge in [-0.2, -0.15) is 0 Å². The molecule has 0 aromatic carbocycles. The number of anilines is 1. The number of amides is 1. The van der Waals surface area contributed by atoms with Crippen LogP contribution in [0.4, 0.5) is 5.82 Å². The highest BCUT2D eigenvalue weighted by atomic mass is 16.2. The number of hydrogen-bond acceptors (Lipinski definition) is 5. The van der Waals surface area contributed by atoms with E-state index in [-0.39, 0.29) is 5.91 Å². The van der Waals surface area contributed by atoms with Crippen molar-refractivity contribution >= 4 is 11.7 Å². The molecule has 104 valence electrons. The van der Waals surface area contributed by atoms with Crippen molar-refractivity contribution in [1.82, 2.24) is 20.2 Å². The molecule has 1 fully saturated rings. The quantitative estimate of drug-likeness (QED) is 0.710. The second-order valence-corrected chi connectivity index (χ2v) is 5.12. The SMILES string of the molecule is CN(C)CCCNc1cc(C(=O)NC2CC2)ncn1. The van der Waals surface area contributed by atoms with E-state index in [1.165, 1.54) is 6.33 Å². The first kappa shape index (κ1) is 13.7. The van der Waals surface area contributed by atoms with Gasteiger partial charge in [0.05, 0.1) is 0 Å². The molecule has 1 aromatic heterocycles. The zero-order valence-corrected chi connectivity index (χ0v) is 11.5. The lowest BCUT2D eigenvalue weighted by molar-refractivity contribution is 0.0946. The Labute approximate surface area is 113 Å². The molecule has 0 unspecified atom stereocenters. The molecule has 6 heteroatoms. The highest BCUT2D eigenvalue weighted by Gasteiger charge is 2.24. The minimum Gasteiger partial charge on any atom is -0.370 e. The minimum atomic E-state index is -0.110. The van der Waals surface area contributed by atoms with Gasteiger partial charge in [0, 0.05) is 18.7 Å². The van der Waals surface area contributed by atoms with Gasteiger partial charge in [0.2, 0.25) is 0 Å². The van der Waals surface area contributed by atoms with E-state index in [0.717, 1.165) is 32.4 Å². The molecule has 0 bridgehead atoms. The van der Waals surface area contributed by atoms with Gasteiger partial charge in [0.1, 0.15) is 17.8 Å². The molecule has 0 spiro atoms. The molecule has 2 N–H and O–H groups in total. The highest BCUT2D eigenvalue weighted by Crippen LogP contribution is 2.19. The summed E-state index contributed by atoms with van der Waals surface area (Å²) in [5.74, 6) is 0.593. The van der Waals surface area contributed by atoms with Crippen LogP contribution in [0.3, 0.4) is 0 Å². The van der Waals surface area contributed by atoms with E-state index < -0.39 is 0 Å². The summed E-state index contributed by atoms with van der Waals surface area (Å²) in [5, 5.41) is 6.12. The average molecular weight is 263 g/mol. The molecule has 1 aliphatic rings. The molecule has 1 aromatic rings. The molecule has 19 heavy (non-hydrogen) atoms. The van der Waals surface area contributed by atoms with Crippen LogP contribution in [0.1, 0.15) is 29.8 Å². The largest absolute Gasteiger partial charge is 0.370 e. The Morgan fingerprint density at radius 1 is 1.42 bits per heavy atom. The van der Waals surface area contributed by atoms with Crippen molar-refractivity contribution in [3.8, 4) is 0 Å². The summed E-state index contributed by atoms with van der Waals surface area (Å²) >= 11 is 0. The van der Waals surface area contributed by atoms with E-state index in [4.69, 9.17) is 0 Å². The van der Waals surface area contributed by atoms with Crippen LogP contribution in [0.2, 0.25) is 0 Å². The maximum absolute atomic E-state index is 11.8. The van der Waals surface area contributed by atoms with Gasteiger partial charge in [0.25, 0.3) is 5.91 Å². The van der Waals surface area contributed by atoms with E-state index in [0.29, 0.717) is 17.6 Å². The summed E-state index contributed by atoms with van der Waals surface area (Å²) in [6, 6.07) is 2.05. The number of rotatable bonds is 7. The third kappa shape index (κ3) is 4.82. The molecule has 0 radical (unpaired) electrons. The van der Waals surface area contributed by atoms with Gasteiger partial charge in [-0.15, -0.1) is 0 Å². The number of nitrogens with zero attached hydrogens (tertiary/aromatic N) is 3. The summed E-state index contributed by atoms with van der Waals surface area (Å²) < 4.78 is 0. The third-order valence-corrected chi connectivity index (χ3v) is 2.90. The predicted molar refractivity (Wildman–Crippen MR) is 74.2 cm³/mol. The Morgan fingerprint density at radius 3 is 2.89 bits per heavy atom. The Kier molecular flexibility index (Phi) is 4.68. The second-order valence-electron chi connectivity index (χ2n) is 5.12. The second kappa shape index (κ2) is 6.47. The lowest BCUT2D eigenvalue weighted by Crippen LogP contribution is -2.26. The maximum Gasteiger partial charge on any atom is 0.270 e. The third-order valence-electron chi connectivity index (χ3n) is 2.90. The fraction of sp³-hybridized carbons (Fsp3) is 0.615. The Morgan fingerprint density at radius 2 is 2.21 bits per heavy atom. The number of carbonyl (C=O) groups excluding carboxylic acids is 1. The topological polar surface area (TPSA) is 70.2 Å². The van der Waals surface area contributed by atoms with Gasteiger partial charge in [-0.3, -0.25) is 4.79 Å². The van der Waals surface area contributed by atoms with Crippen LogP contribution in [0, 0.1) is 0 Å². The van der Waals surface area contributed by atoms with Crippen molar-refractivity contribution < 1.29 is 4.79 Å². The van der Waals surface area contributed by atoms with Gasteiger partial charge in [-0.1, -0.05) is 0 Å². The van der Waals surface area contributed by atoms with Crippen LogP contribution in [0.25, 0.3) is 0 Å². The van der Waals surface area contributed by atoms with E-state index in [9.17, 15) is 4.79 Å². The van der Waals surface area contributed by atoms with Crippen LogP contribution in [0.5, 0.6) is 0 Å². The van der Waals surface area contributed by atoms with Crippen molar-refractivity contribution in [2.45, 2.75) is 25.3 Å². The molecular weight excluding hydrogens is 242 g/mol. The molecule has 2 rings (SSSR count). The number of aromatic nitrogens is 2. The smallest absolute Gasteiger partial charge is 0.270 e. The van der Waals surface area contributed by atoms with Gasteiger partial charge in [0.15, 0.2) is 0 Å². The first-order valence-electron chi connectivity index (χ1n) is 6.66. The van der Waals surface area contributed by atoms with E-state index in [1.807, 2.05) is 14.1 Å². The molecule has 0 saturated heterocycles. The van der Waals surface area contributed by atoms with Crippen LogP contribution in [-0.4, -0.2) is 54.0 Å². The van der Waals surface area contributed by atoms with Gasteiger partial charge in [-0.25, -0.2) is 9.97 Å². The minimum absolute atomic E-state index is 0.110. The average Bonchev–Trinajstić information content (AvgIpc) is 3.19. The monoisotopic (exact) mass is 263 g/mol. The number of nitrogens with one attached hydrogen (secondary N) is 2. The van der Waals surface area contributed by atoms with Crippen LogP contribution >= 0.6 is 0 Å². The van der Waals surface area contributed by atoms with E-state index in [2.05, 4.69) is 25.5 Å². The molecule has 0 aliphatic heterocycles. The number of hydrogen-bond donors (Lipinski definition) is 2. The highest BCUT2D eigenvalue weighted by molar-refractivity contribution is 5.93. The summed E-state index contributed by atoms with van der Waals surface area (Å²) in [6.07, 6.45) is 4.61. The fourth-order valence-corrected chi connectivity index (χ4v) is 1.68. The Balaban J connectivity index is 1.82. The van der Waals surface area contributed by atoms with Crippen molar-refractivity contribution in [3.05, 3.63) is 18.1 Å². The summed E-state index contributed by atoms with van der Waals surface area (Å²) in [5.41, 5.74) is 0.428. The normalized spacial score (nSPS) is 14.5. The van der Waals surface area contributed by atoms with E-state index >= 15 is 0 Å². The molecule has 1 aliphatic carbocycles. The lowest BCUT2D eigenvalue weighted by atomic mass is 10.3. The van der Waals surface area contributed by atoms with Crippen LogP contribution < -0.4 is 10.6 Å². The van der Waals surface area contributed by atoms with Crippen molar-refractivity contribution in [1.29, 1.82) is 0 Å². The van der Waals surface area contributed by atoms with Crippen LogP contribution in [0.15, 0.2) is 12.4 Å². The molecule has 1 heterocycles. The fourth-order valence-electron chi connectivity index (χ4n) is 1.68. The molecular formula is C13H21N5O. The zero-order valence-electron chi connectivity index (χ0n) is 11.5. The lowest BCUT2D eigenvalue weighted by Gasteiger charge is -2.10. The first-order chi connectivity index (χ1) is 9.15. The summed E-state index contributed by atoms with van der Waals surface area (Å²) in [7, 11) is 4.09. The molecule has 6 nitrogen and oxygen atoms in total. The summed E-state index contributed by atoms with van der Waals surface area (Å²) in [6.45, 7) is 1.85.